The summed E-state index contributed by atoms with van der Waals surface area (Å²) in [6, 6.07) is 12.8. The van der Waals surface area contributed by atoms with Gasteiger partial charge < -0.3 is 19.7 Å². The lowest BCUT2D eigenvalue weighted by atomic mass is 10.2. The topological polar surface area (TPSA) is 105 Å². The summed E-state index contributed by atoms with van der Waals surface area (Å²) in [5, 5.41) is 2.70. The van der Waals surface area contributed by atoms with Crippen LogP contribution in [0.15, 0.2) is 53.4 Å². The number of anilines is 1. The van der Waals surface area contributed by atoms with Gasteiger partial charge in [0.2, 0.25) is 10.0 Å². The molecule has 0 aliphatic carbocycles. The van der Waals surface area contributed by atoms with E-state index in [1.165, 1.54) is 16.4 Å². The molecule has 0 saturated carbocycles. The predicted molar refractivity (Wildman–Crippen MR) is 126 cm³/mol. The smallest absolute Gasteiger partial charge is 0.262 e. The number of morpholine rings is 1. The number of nitrogens with zero attached hydrogens (tertiary/aromatic N) is 2. The van der Waals surface area contributed by atoms with Gasteiger partial charge in [-0.3, -0.25) is 9.59 Å². The lowest BCUT2D eigenvalue weighted by molar-refractivity contribution is -0.118. The van der Waals surface area contributed by atoms with E-state index in [-0.39, 0.29) is 23.3 Å². The summed E-state index contributed by atoms with van der Waals surface area (Å²) in [5.74, 6) is 0.0371. The second-order valence-electron chi connectivity index (χ2n) is 8.25. The third-order valence-electron chi connectivity index (χ3n) is 5.86. The second kappa shape index (κ2) is 11.0. The molecule has 2 aliphatic heterocycles. The molecular weight excluding hydrogens is 458 g/mol. The highest BCUT2D eigenvalue weighted by molar-refractivity contribution is 7.89. The predicted octanol–water partition coefficient (Wildman–Crippen LogP) is 2.35. The second-order valence-corrected chi connectivity index (χ2v) is 10.2. The molecule has 34 heavy (non-hydrogen) atoms. The van der Waals surface area contributed by atoms with Crippen molar-refractivity contribution in [1.29, 1.82) is 0 Å². The van der Waals surface area contributed by atoms with Crippen LogP contribution in [0.5, 0.6) is 5.75 Å². The van der Waals surface area contributed by atoms with Crippen LogP contribution in [0.3, 0.4) is 0 Å². The highest BCUT2D eigenvalue weighted by Crippen LogP contribution is 2.22. The van der Waals surface area contributed by atoms with Gasteiger partial charge in [-0.25, -0.2) is 8.42 Å². The zero-order valence-electron chi connectivity index (χ0n) is 18.9. The number of sulfonamides is 1. The van der Waals surface area contributed by atoms with Crippen LogP contribution in [0.25, 0.3) is 0 Å². The number of amides is 2. The molecule has 0 atom stereocenters. The quantitative estimate of drug-likeness (QED) is 0.643. The summed E-state index contributed by atoms with van der Waals surface area (Å²) >= 11 is 0. The molecule has 0 aromatic heterocycles. The highest BCUT2D eigenvalue weighted by atomic mass is 32.2. The SMILES string of the molecule is O=C(COc1ccc(C(=O)N2CCOCC2)cc1)Nc1ccc(S(=O)(=O)N2CCCCC2)cc1. The first-order chi connectivity index (χ1) is 16.4. The third kappa shape index (κ3) is 5.94. The molecule has 10 heteroatoms. The Hall–Kier alpha value is -2.95. The van der Waals surface area contributed by atoms with Crippen LogP contribution in [-0.2, 0) is 19.6 Å². The Labute approximate surface area is 199 Å². The van der Waals surface area contributed by atoms with Crippen molar-refractivity contribution in [2.24, 2.45) is 0 Å². The average molecular weight is 488 g/mol. The molecule has 2 aliphatic rings. The van der Waals surface area contributed by atoms with Gasteiger partial charge in [0.1, 0.15) is 5.75 Å². The van der Waals surface area contributed by atoms with E-state index in [4.69, 9.17) is 9.47 Å². The lowest BCUT2D eigenvalue weighted by Crippen LogP contribution is -2.40. The molecule has 0 spiro atoms. The monoisotopic (exact) mass is 487 g/mol. The highest BCUT2D eigenvalue weighted by Gasteiger charge is 2.25. The maximum atomic E-state index is 12.7. The van der Waals surface area contributed by atoms with Crippen molar-refractivity contribution in [3.8, 4) is 5.75 Å². The van der Waals surface area contributed by atoms with Crippen molar-refractivity contribution < 1.29 is 27.5 Å². The van der Waals surface area contributed by atoms with Gasteiger partial charge in [0.05, 0.1) is 18.1 Å². The minimum Gasteiger partial charge on any atom is -0.484 e. The molecule has 0 unspecified atom stereocenters. The first-order valence-electron chi connectivity index (χ1n) is 11.4. The molecule has 2 saturated heterocycles. The average Bonchev–Trinajstić information content (AvgIpc) is 2.89. The van der Waals surface area contributed by atoms with Crippen LogP contribution in [-0.4, -0.2) is 75.4 Å². The van der Waals surface area contributed by atoms with Crippen molar-refractivity contribution in [2.75, 3.05) is 51.3 Å². The number of rotatable bonds is 7. The first kappa shape index (κ1) is 24.2. The fourth-order valence-corrected chi connectivity index (χ4v) is 5.47. The van der Waals surface area contributed by atoms with Crippen molar-refractivity contribution in [3.63, 3.8) is 0 Å². The summed E-state index contributed by atoms with van der Waals surface area (Å²) in [5.41, 5.74) is 1.04. The van der Waals surface area contributed by atoms with Crippen molar-refractivity contribution in [3.05, 3.63) is 54.1 Å². The van der Waals surface area contributed by atoms with Crippen molar-refractivity contribution in [1.82, 2.24) is 9.21 Å². The summed E-state index contributed by atoms with van der Waals surface area (Å²) in [4.78, 5) is 26.7. The standard InChI is InChI=1S/C24H29N3O6S/c28-23(18-33-21-8-4-19(5-9-21)24(29)26-14-16-32-17-15-26)25-20-6-10-22(11-7-20)34(30,31)27-12-2-1-3-13-27/h4-11H,1-3,12-18H2,(H,25,28). The van der Waals surface area contributed by atoms with Crippen LogP contribution >= 0.6 is 0 Å². The van der Waals surface area contributed by atoms with Crippen LogP contribution in [0, 0.1) is 0 Å². The Bertz CT molecular complexity index is 1090. The largest absolute Gasteiger partial charge is 0.484 e. The van der Waals surface area contributed by atoms with Crippen molar-refractivity contribution in [2.45, 2.75) is 24.2 Å². The number of ether oxygens (including phenoxy) is 2. The molecular formula is C24H29N3O6S. The number of carbonyl (C=O) groups is 2. The minimum absolute atomic E-state index is 0.0571. The third-order valence-corrected chi connectivity index (χ3v) is 7.77. The van der Waals surface area contributed by atoms with Gasteiger partial charge in [-0.1, -0.05) is 6.42 Å². The maximum absolute atomic E-state index is 12.7. The molecule has 2 amide bonds. The number of piperidine rings is 1. The molecule has 2 fully saturated rings. The molecule has 2 heterocycles. The van der Waals surface area contributed by atoms with Crippen LogP contribution in [0.2, 0.25) is 0 Å². The molecule has 2 aromatic carbocycles. The summed E-state index contributed by atoms with van der Waals surface area (Å²) in [7, 11) is -3.51. The fourth-order valence-electron chi connectivity index (χ4n) is 3.95. The Morgan fingerprint density at radius 1 is 0.882 bits per heavy atom. The van der Waals surface area contributed by atoms with E-state index in [0.29, 0.717) is 56.4 Å². The molecule has 9 nitrogen and oxygen atoms in total. The number of carbonyl (C=O) groups excluding carboxylic acids is 2. The van der Waals surface area contributed by atoms with Gasteiger partial charge in [-0.05, 0) is 61.4 Å². The van der Waals surface area contributed by atoms with Crippen molar-refractivity contribution >= 4 is 27.5 Å². The van der Waals surface area contributed by atoms with E-state index in [1.54, 1.807) is 41.3 Å². The molecule has 2 aromatic rings. The maximum Gasteiger partial charge on any atom is 0.262 e. The van der Waals surface area contributed by atoms with E-state index in [2.05, 4.69) is 5.32 Å². The normalized spacial score (nSPS) is 17.2. The zero-order chi connectivity index (χ0) is 24.0. The Balaban J connectivity index is 1.27. The molecule has 4 rings (SSSR count). The number of hydrogen-bond acceptors (Lipinski definition) is 6. The number of benzene rings is 2. The van der Waals surface area contributed by atoms with Gasteiger partial charge in [0.15, 0.2) is 6.61 Å². The lowest BCUT2D eigenvalue weighted by Gasteiger charge is -2.26. The Morgan fingerprint density at radius 2 is 1.53 bits per heavy atom. The van der Waals surface area contributed by atoms with Crippen LogP contribution < -0.4 is 10.1 Å². The van der Waals surface area contributed by atoms with Gasteiger partial charge in [-0.2, -0.15) is 4.31 Å². The van der Waals surface area contributed by atoms with Crippen LogP contribution in [0.4, 0.5) is 5.69 Å². The Morgan fingerprint density at radius 3 is 2.18 bits per heavy atom. The van der Waals surface area contributed by atoms with Gasteiger partial charge in [0.25, 0.3) is 11.8 Å². The molecule has 182 valence electrons. The molecule has 0 bridgehead atoms. The van der Waals surface area contributed by atoms with E-state index in [9.17, 15) is 18.0 Å². The first-order valence-corrected chi connectivity index (χ1v) is 12.9. The summed E-state index contributed by atoms with van der Waals surface area (Å²) in [6.45, 7) is 3.09. The van der Waals surface area contributed by atoms with E-state index >= 15 is 0 Å². The minimum atomic E-state index is -3.51. The number of hydrogen-bond donors (Lipinski definition) is 1. The summed E-state index contributed by atoms with van der Waals surface area (Å²) < 4.78 is 37.7. The summed E-state index contributed by atoms with van der Waals surface area (Å²) in [6.07, 6.45) is 2.80. The number of nitrogens with one attached hydrogen (secondary N) is 1. The van der Waals surface area contributed by atoms with E-state index < -0.39 is 10.0 Å². The van der Waals surface area contributed by atoms with Gasteiger partial charge in [-0.15, -0.1) is 0 Å². The van der Waals surface area contributed by atoms with Gasteiger partial charge >= 0.3 is 0 Å². The van der Waals surface area contributed by atoms with Crippen LogP contribution in [0.1, 0.15) is 29.6 Å². The fraction of sp³-hybridized carbons (Fsp3) is 0.417. The molecule has 0 radical (unpaired) electrons. The van der Waals surface area contributed by atoms with Gasteiger partial charge in [0, 0.05) is 37.4 Å². The van der Waals surface area contributed by atoms with E-state index in [1.807, 2.05) is 0 Å². The van der Waals surface area contributed by atoms with E-state index in [0.717, 1.165) is 19.3 Å². The molecule has 1 N–H and O–H groups in total. The Kier molecular flexibility index (Phi) is 7.81. The zero-order valence-corrected chi connectivity index (χ0v) is 19.8.